The maximum absolute atomic E-state index is 4.94. The zero-order valence-electron chi connectivity index (χ0n) is 9.11. The minimum absolute atomic E-state index is 0.785. The van der Waals surface area contributed by atoms with Crippen LogP contribution in [0.5, 0.6) is 0 Å². The molecule has 0 aromatic carbocycles. The molecule has 0 radical (unpaired) electrons. The summed E-state index contributed by atoms with van der Waals surface area (Å²) in [5.41, 5.74) is 0. The van der Waals surface area contributed by atoms with Crippen molar-refractivity contribution in [2.75, 3.05) is 32.6 Å². The van der Waals surface area contributed by atoms with Crippen LogP contribution >= 0.6 is 11.8 Å². The van der Waals surface area contributed by atoms with E-state index in [4.69, 9.17) is 4.74 Å². The van der Waals surface area contributed by atoms with Crippen molar-refractivity contribution < 1.29 is 4.74 Å². The van der Waals surface area contributed by atoms with Gasteiger partial charge in [0.25, 0.3) is 0 Å². The van der Waals surface area contributed by atoms with E-state index in [-0.39, 0.29) is 0 Å². The molecule has 0 aliphatic heterocycles. The number of pyridine rings is 1. The Hall–Kier alpha value is -0.580. The van der Waals surface area contributed by atoms with Gasteiger partial charge in [-0.15, -0.1) is 11.8 Å². The fourth-order valence-electron chi connectivity index (χ4n) is 1.11. The number of ether oxygens (including phenoxy) is 1. The van der Waals surface area contributed by atoms with E-state index in [1.54, 1.807) is 18.9 Å². The van der Waals surface area contributed by atoms with Crippen molar-refractivity contribution in [1.29, 1.82) is 0 Å². The molecule has 0 saturated heterocycles. The van der Waals surface area contributed by atoms with Crippen LogP contribution in [-0.4, -0.2) is 37.5 Å². The highest BCUT2D eigenvalue weighted by Gasteiger charge is 1.93. The second-order valence-corrected chi connectivity index (χ2v) is 4.23. The van der Waals surface area contributed by atoms with Gasteiger partial charge in [-0.1, -0.05) is 6.07 Å². The molecule has 1 rings (SSSR count). The molecule has 0 aliphatic rings. The van der Waals surface area contributed by atoms with Crippen molar-refractivity contribution >= 4 is 11.8 Å². The van der Waals surface area contributed by atoms with Crippen LogP contribution in [-0.2, 0) is 4.74 Å². The molecule has 0 fully saturated rings. The molecule has 0 unspecified atom stereocenters. The lowest BCUT2D eigenvalue weighted by Gasteiger charge is -2.03. The lowest BCUT2D eigenvalue weighted by atomic mass is 10.5. The summed E-state index contributed by atoms with van der Waals surface area (Å²) in [6.45, 7) is 2.77. The Labute approximate surface area is 95.6 Å². The van der Waals surface area contributed by atoms with E-state index in [0.29, 0.717) is 0 Å². The van der Waals surface area contributed by atoms with Gasteiger partial charge in [-0.3, -0.25) is 0 Å². The number of hydrogen-bond donors (Lipinski definition) is 1. The van der Waals surface area contributed by atoms with Crippen molar-refractivity contribution in [3.8, 4) is 0 Å². The second-order valence-electron chi connectivity index (χ2n) is 3.11. The van der Waals surface area contributed by atoms with E-state index >= 15 is 0 Å². The van der Waals surface area contributed by atoms with Crippen LogP contribution in [0.4, 0.5) is 0 Å². The third-order valence-electron chi connectivity index (χ3n) is 1.87. The predicted octanol–water partition coefficient (Wildman–Crippen LogP) is 1.80. The standard InChI is InChI=1S/C11H18N2OS/c1-14-9-8-12-6-4-10-15-11-5-2-3-7-13-11/h2-3,5,7,12H,4,6,8-10H2,1H3. The van der Waals surface area contributed by atoms with E-state index in [2.05, 4.69) is 10.3 Å². The van der Waals surface area contributed by atoms with E-state index in [9.17, 15) is 0 Å². The maximum Gasteiger partial charge on any atom is 0.0959 e. The second kappa shape index (κ2) is 8.71. The summed E-state index contributed by atoms with van der Waals surface area (Å²) in [5, 5.41) is 4.42. The molecule has 1 aromatic rings. The van der Waals surface area contributed by atoms with Gasteiger partial charge in [0.1, 0.15) is 0 Å². The van der Waals surface area contributed by atoms with Gasteiger partial charge in [-0.2, -0.15) is 0 Å². The van der Waals surface area contributed by atoms with Gasteiger partial charge in [-0.05, 0) is 25.1 Å². The molecular formula is C11H18N2OS. The topological polar surface area (TPSA) is 34.1 Å². The van der Waals surface area contributed by atoms with E-state index in [0.717, 1.165) is 36.9 Å². The number of rotatable bonds is 8. The average molecular weight is 226 g/mol. The maximum atomic E-state index is 4.94. The van der Waals surface area contributed by atoms with Crippen molar-refractivity contribution in [3.05, 3.63) is 24.4 Å². The third kappa shape index (κ3) is 6.49. The number of nitrogens with zero attached hydrogens (tertiary/aromatic N) is 1. The van der Waals surface area contributed by atoms with Gasteiger partial charge in [-0.25, -0.2) is 4.98 Å². The Kier molecular flexibility index (Phi) is 7.25. The smallest absolute Gasteiger partial charge is 0.0959 e. The van der Waals surface area contributed by atoms with Crippen LogP contribution in [0.3, 0.4) is 0 Å². The molecule has 0 bridgehead atoms. The Morgan fingerprint density at radius 1 is 1.40 bits per heavy atom. The molecule has 1 heterocycles. The zero-order chi connectivity index (χ0) is 10.8. The summed E-state index contributed by atoms with van der Waals surface area (Å²) < 4.78 is 4.94. The summed E-state index contributed by atoms with van der Waals surface area (Å²) in [7, 11) is 1.72. The first-order valence-corrected chi connectivity index (χ1v) is 6.15. The SMILES string of the molecule is COCCNCCCSc1ccccn1. The number of methoxy groups -OCH3 is 1. The van der Waals surface area contributed by atoms with Crippen molar-refractivity contribution in [2.24, 2.45) is 0 Å². The largest absolute Gasteiger partial charge is 0.383 e. The molecule has 0 saturated carbocycles. The van der Waals surface area contributed by atoms with Gasteiger partial charge in [0, 0.05) is 25.6 Å². The highest BCUT2D eigenvalue weighted by molar-refractivity contribution is 7.99. The van der Waals surface area contributed by atoms with Gasteiger partial charge in [0.05, 0.1) is 11.6 Å². The first-order valence-electron chi connectivity index (χ1n) is 5.17. The molecule has 0 spiro atoms. The molecule has 4 heteroatoms. The fraction of sp³-hybridized carbons (Fsp3) is 0.545. The molecule has 84 valence electrons. The summed E-state index contributed by atoms with van der Waals surface area (Å²) in [6, 6.07) is 6.01. The Morgan fingerprint density at radius 3 is 3.07 bits per heavy atom. The summed E-state index contributed by atoms with van der Waals surface area (Å²) >= 11 is 1.80. The van der Waals surface area contributed by atoms with E-state index in [1.807, 2.05) is 24.4 Å². The molecule has 1 aromatic heterocycles. The van der Waals surface area contributed by atoms with Crippen molar-refractivity contribution in [3.63, 3.8) is 0 Å². The van der Waals surface area contributed by atoms with Crippen LogP contribution in [0.2, 0.25) is 0 Å². The molecule has 1 N–H and O–H groups in total. The van der Waals surface area contributed by atoms with Gasteiger partial charge >= 0.3 is 0 Å². The van der Waals surface area contributed by atoms with Gasteiger partial charge in [0.2, 0.25) is 0 Å². The highest BCUT2D eigenvalue weighted by atomic mass is 32.2. The molecule has 0 amide bonds. The summed E-state index contributed by atoms with van der Waals surface area (Å²) in [4.78, 5) is 4.25. The predicted molar refractivity (Wildman–Crippen MR) is 64.3 cm³/mol. The van der Waals surface area contributed by atoms with E-state index < -0.39 is 0 Å². The first-order chi connectivity index (χ1) is 7.43. The average Bonchev–Trinajstić information content (AvgIpc) is 2.29. The molecular weight excluding hydrogens is 208 g/mol. The van der Waals surface area contributed by atoms with Crippen LogP contribution in [0.25, 0.3) is 0 Å². The summed E-state index contributed by atoms with van der Waals surface area (Å²) in [6.07, 6.45) is 2.99. The van der Waals surface area contributed by atoms with Crippen LogP contribution in [0.1, 0.15) is 6.42 Å². The van der Waals surface area contributed by atoms with Crippen molar-refractivity contribution in [2.45, 2.75) is 11.4 Å². The number of hydrogen-bond acceptors (Lipinski definition) is 4. The van der Waals surface area contributed by atoms with Crippen LogP contribution in [0.15, 0.2) is 29.4 Å². The molecule has 0 aliphatic carbocycles. The van der Waals surface area contributed by atoms with Crippen molar-refractivity contribution in [1.82, 2.24) is 10.3 Å². The lowest BCUT2D eigenvalue weighted by Crippen LogP contribution is -2.20. The number of nitrogens with one attached hydrogen (secondary N) is 1. The highest BCUT2D eigenvalue weighted by Crippen LogP contribution is 2.14. The van der Waals surface area contributed by atoms with Gasteiger partial charge < -0.3 is 10.1 Å². The number of aromatic nitrogens is 1. The third-order valence-corrected chi connectivity index (χ3v) is 2.90. The normalized spacial score (nSPS) is 10.5. The molecule has 3 nitrogen and oxygen atoms in total. The zero-order valence-corrected chi connectivity index (χ0v) is 9.93. The first kappa shape index (κ1) is 12.5. The monoisotopic (exact) mass is 226 g/mol. The molecule has 0 atom stereocenters. The molecule has 15 heavy (non-hydrogen) atoms. The Bertz CT molecular complexity index is 244. The van der Waals surface area contributed by atoms with Crippen LogP contribution in [0, 0.1) is 0 Å². The number of thioether (sulfide) groups is 1. The fourth-order valence-corrected chi connectivity index (χ4v) is 1.91. The summed E-state index contributed by atoms with van der Waals surface area (Å²) in [5.74, 6) is 1.11. The Morgan fingerprint density at radius 2 is 2.33 bits per heavy atom. The quantitative estimate of drug-likeness (QED) is 0.541. The Balaban J connectivity index is 1.93. The van der Waals surface area contributed by atoms with E-state index in [1.165, 1.54) is 0 Å². The lowest BCUT2D eigenvalue weighted by molar-refractivity contribution is 0.199. The van der Waals surface area contributed by atoms with Gasteiger partial charge in [0.15, 0.2) is 0 Å². The van der Waals surface area contributed by atoms with Crippen LogP contribution < -0.4 is 5.32 Å². The minimum atomic E-state index is 0.785. The minimum Gasteiger partial charge on any atom is -0.383 e.